The molecule has 4 unspecified atom stereocenters. The van der Waals surface area contributed by atoms with Crippen molar-refractivity contribution >= 4 is 148 Å². The summed E-state index contributed by atoms with van der Waals surface area (Å²) in [4.78, 5) is 51.5. The summed E-state index contributed by atoms with van der Waals surface area (Å²) < 4.78 is 127. The van der Waals surface area contributed by atoms with Crippen molar-refractivity contribution in [1.82, 2.24) is 0 Å². The third kappa shape index (κ3) is 26.2. The highest BCUT2D eigenvalue weighted by molar-refractivity contribution is 14.1. The molecule has 6 aromatic carbocycles. The van der Waals surface area contributed by atoms with E-state index in [1.54, 1.807) is 26.0 Å². The molecule has 18 nitrogen and oxygen atoms in total. The molecule has 4 atom stereocenters. The first-order valence-electron chi connectivity index (χ1n) is 37.1. The monoisotopic (exact) mass is 1920 g/mol. The van der Waals surface area contributed by atoms with Crippen LogP contribution in [0.1, 0.15) is 190 Å². The molecule has 27 heteroatoms. The summed E-state index contributed by atoms with van der Waals surface area (Å²) in [5.41, 5.74) is -2.33. The number of alkyl halides is 3. The highest BCUT2D eigenvalue weighted by atomic mass is 127. The Balaban J connectivity index is 0.000000214. The number of likely N-dealkylation sites (N-methyl/N-ethyl adjacent to an activating group) is 1. The minimum Gasteiger partial charge on any atom is -0.858 e. The van der Waals surface area contributed by atoms with Crippen LogP contribution in [0.2, 0.25) is 0 Å². The number of phenolic OH excluding ortho intramolecular Hbond substituents is 2. The molecule has 110 heavy (non-hydrogen) atoms. The van der Waals surface area contributed by atoms with Crippen molar-refractivity contribution in [2.45, 2.75) is 207 Å². The van der Waals surface area contributed by atoms with Crippen LogP contribution in [0.4, 0.5) is 13.2 Å². The van der Waals surface area contributed by atoms with Gasteiger partial charge in [0.1, 0.15) is 35.9 Å². The van der Waals surface area contributed by atoms with Gasteiger partial charge in [-0.15, -0.1) is 0 Å². The van der Waals surface area contributed by atoms with E-state index in [1.807, 2.05) is 109 Å². The van der Waals surface area contributed by atoms with Crippen LogP contribution in [0.25, 0.3) is 25.1 Å². The number of rotatable bonds is 21. The minimum atomic E-state index is -5.27. The SMILES string of the molecule is CCC(C)(C)C(=O)OC1(C)CCCC1.CCC(C)(C)C(=O)OC12CC3CC(C1)CC(C(=O)OC(CS(=O)(=O)[O-])C(F)(F)F)(C3)C2.CCC(C)(C)C(=O)OCC[NH+](C)C.CCC(C)c1cccc(O)c1.O=S(=O)(N=C([O-])c1cc(I)cc(I)c1I)c1ccc(O)cc1.c1ccc(-[s+]2c3ccccc3c3ccccc32)cc1. The van der Waals surface area contributed by atoms with Crippen molar-refractivity contribution in [3.63, 3.8) is 0 Å². The fraction of sp³-hybridized carbons (Fsp3) is 0.506. The Labute approximate surface area is 691 Å². The summed E-state index contributed by atoms with van der Waals surface area (Å²) in [6.07, 6.45) is 2.06. The number of benzene rings is 6. The van der Waals surface area contributed by atoms with Crippen LogP contribution < -0.4 is 10.0 Å². The van der Waals surface area contributed by atoms with Crippen molar-refractivity contribution in [3.05, 3.63) is 161 Å². The smallest absolute Gasteiger partial charge is 0.426 e. The van der Waals surface area contributed by atoms with Crippen molar-refractivity contribution in [3.8, 4) is 16.4 Å². The van der Waals surface area contributed by atoms with Crippen LogP contribution in [0.5, 0.6) is 11.5 Å². The molecule has 5 fully saturated rings. The van der Waals surface area contributed by atoms with E-state index in [1.165, 1.54) is 72.6 Å². The second-order valence-corrected chi connectivity index (χ2v) is 40.0. The molecule has 0 aliphatic heterocycles. The molecule has 1 aromatic heterocycles. The Morgan fingerprint density at radius 3 is 1.67 bits per heavy atom. The molecule has 5 aliphatic carbocycles. The van der Waals surface area contributed by atoms with Gasteiger partial charge >= 0.3 is 30.1 Å². The number of hydrogen-bond donors (Lipinski definition) is 3. The predicted octanol–water partition coefficient (Wildman–Crippen LogP) is 18.1. The Kier molecular flexibility index (Phi) is 33.5. The summed E-state index contributed by atoms with van der Waals surface area (Å²) in [6.45, 7) is 24.9. The summed E-state index contributed by atoms with van der Waals surface area (Å²) in [5, 5.41) is 33.3. The quantitative estimate of drug-likeness (QED) is 0.00881. The van der Waals surface area contributed by atoms with E-state index in [2.05, 4.69) is 154 Å². The normalized spacial score (nSPS) is 19.3. The Hall–Kier alpha value is -5.71. The Morgan fingerprint density at radius 2 is 1.18 bits per heavy atom. The number of hydrogen-bond acceptors (Lipinski definition) is 16. The maximum atomic E-state index is 13.3. The van der Waals surface area contributed by atoms with Gasteiger partial charge in [0.05, 0.1) is 56.5 Å². The van der Waals surface area contributed by atoms with Crippen LogP contribution in [0, 0.1) is 44.2 Å². The van der Waals surface area contributed by atoms with E-state index >= 15 is 0 Å². The second kappa shape index (κ2) is 39.6. The second-order valence-electron chi connectivity index (χ2n) is 31.5. The number of ether oxygens (including phenoxy) is 4. The Bertz CT molecular complexity index is 4480. The minimum absolute atomic E-state index is 0.00100. The number of nitrogens with zero attached hydrogens (tertiary/aromatic N) is 1. The van der Waals surface area contributed by atoms with E-state index in [9.17, 15) is 64.0 Å². The van der Waals surface area contributed by atoms with Crippen molar-refractivity contribution < 1.29 is 92.9 Å². The van der Waals surface area contributed by atoms with Crippen LogP contribution in [0.15, 0.2) is 149 Å². The maximum Gasteiger partial charge on any atom is 0.426 e. The molecular formula is C83H106F3I3N2O16S3. The number of aromatic hydroxyl groups is 2. The van der Waals surface area contributed by atoms with Gasteiger partial charge < -0.3 is 43.7 Å². The summed E-state index contributed by atoms with van der Waals surface area (Å²) in [7, 11) is -5.24. The molecule has 1 heterocycles. The average Bonchev–Trinajstić information content (AvgIpc) is 0.912. The number of carbonyl (C=O) groups excluding carboxylic acids is 4. The number of carbonyl (C=O) groups is 4. The zero-order valence-corrected chi connectivity index (χ0v) is 74.1. The van der Waals surface area contributed by atoms with E-state index in [0.717, 1.165) is 52.2 Å². The Morgan fingerprint density at radius 1 is 0.673 bits per heavy atom. The number of thiophene rings is 1. The molecule has 0 amide bonds. The topological polar surface area (TPSA) is 277 Å². The van der Waals surface area contributed by atoms with E-state index in [4.69, 9.17) is 19.3 Å². The molecule has 4 bridgehead atoms. The maximum absolute atomic E-state index is 13.3. The third-order valence-electron chi connectivity index (χ3n) is 21.0. The number of phenols is 2. The standard InChI is InChI=1S/C20H29F3O7S.C18H13S.C13H8I3NO4S.C12H22O2.C10H21NO2.C10H14O/c1-4-17(2,3)15(24)30-19-8-12-5-13(9-19)7-18(6-12,11-19)16(25)29-14(20(21,22)23)10-31(26,27)28;1-2-8-14(9-3-1)19-17-12-6-4-10-15(17)16-11-5-7-13-18(16)19;14-7-5-10(12(16)11(15)6-7)13(19)17-22(20,21)9-3-1-8(18)2-4-9;1-5-11(2,3)10(13)14-12(4)8-6-7-9-12;1-6-10(2,3)9(12)13-8-7-11(4)5;1-3-8(2)9-5-4-6-10(11)7-9/h12-14H,4-11H2,1-3H3,(H,26,27,28);1-13H;1-6,18H,(H,17,19);5-9H2,1-4H3;6-8H2,1-5H3;4-8,11H,3H2,1-2H3/q;+1;;;;/p-1. The zero-order valence-electron chi connectivity index (χ0n) is 65.2. The number of quaternary nitrogens is 1. The van der Waals surface area contributed by atoms with Crippen LogP contribution in [-0.4, -0.2) is 118 Å². The van der Waals surface area contributed by atoms with Gasteiger partial charge in [-0.3, -0.25) is 19.2 Å². The van der Waals surface area contributed by atoms with Crippen LogP contribution in [-0.2, 0) is 58.3 Å². The van der Waals surface area contributed by atoms with E-state index in [0.29, 0.717) is 53.9 Å². The van der Waals surface area contributed by atoms with Gasteiger partial charge in [0.2, 0.25) is 6.10 Å². The first-order valence-corrected chi connectivity index (χ1v) is 44.5. The molecule has 5 aliphatic rings. The molecular weight excluding hydrogens is 1810 g/mol. The van der Waals surface area contributed by atoms with Gasteiger partial charge in [0.15, 0.2) is 14.3 Å². The first-order chi connectivity index (χ1) is 51.2. The highest BCUT2D eigenvalue weighted by Gasteiger charge is 2.64. The number of fused-ring (bicyclic) bond motifs is 3. The largest absolute Gasteiger partial charge is 0.858 e. The number of halogens is 6. The fourth-order valence-electron chi connectivity index (χ4n) is 13.3. The summed E-state index contributed by atoms with van der Waals surface area (Å²) >= 11 is 6.12. The zero-order chi connectivity index (χ0) is 82.2. The molecule has 7 aromatic rings. The van der Waals surface area contributed by atoms with E-state index in [-0.39, 0.29) is 73.3 Å². The predicted molar refractivity (Wildman–Crippen MR) is 449 cm³/mol. The van der Waals surface area contributed by atoms with Crippen molar-refractivity contribution in [1.29, 1.82) is 0 Å². The van der Waals surface area contributed by atoms with Crippen LogP contribution >= 0.6 is 78.2 Å². The third-order valence-corrected chi connectivity index (χ3v) is 28.9. The summed E-state index contributed by atoms with van der Waals surface area (Å²) in [6, 6.07) is 44.2. The van der Waals surface area contributed by atoms with Gasteiger partial charge in [-0.1, -0.05) is 89.2 Å². The van der Waals surface area contributed by atoms with Gasteiger partial charge in [-0.2, -0.15) is 26.0 Å². The van der Waals surface area contributed by atoms with E-state index < -0.39 is 72.4 Å². The highest BCUT2D eigenvalue weighted by Crippen LogP contribution is 2.64. The van der Waals surface area contributed by atoms with Crippen molar-refractivity contribution in [2.24, 2.45) is 37.9 Å². The van der Waals surface area contributed by atoms with Gasteiger partial charge in [-0.05, 0) is 308 Å². The molecule has 0 saturated heterocycles. The van der Waals surface area contributed by atoms with Gasteiger partial charge in [0.25, 0.3) is 10.0 Å². The summed E-state index contributed by atoms with van der Waals surface area (Å²) in [5.74, 6) is -3.53. The lowest BCUT2D eigenvalue weighted by molar-refractivity contribution is -0.858. The fourth-order valence-corrected chi connectivity index (χ4v) is 19.7. The lowest BCUT2D eigenvalue weighted by atomic mass is 9.48. The molecule has 12 rings (SSSR count). The molecule has 3 N–H and O–H groups in total. The van der Waals surface area contributed by atoms with Gasteiger partial charge in [-0.25, -0.2) is 8.42 Å². The molecule has 604 valence electrons. The number of nitrogens with one attached hydrogen (secondary N) is 1. The molecule has 0 radical (unpaired) electrons. The molecule has 0 spiro atoms. The van der Waals surface area contributed by atoms with Crippen LogP contribution in [0.3, 0.4) is 0 Å². The lowest BCUT2D eigenvalue weighted by Gasteiger charge is -2.60. The number of sulfonamides is 1. The van der Waals surface area contributed by atoms with Gasteiger partial charge in [0, 0.05) is 49.8 Å². The number of esters is 4. The molecule has 5 saturated carbocycles. The lowest BCUT2D eigenvalue weighted by Crippen LogP contribution is -3.06. The van der Waals surface area contributed by atoms with Crippen molar-refractivity contribution in [2.75, 3.05) is 33.0 Å². The first kappa shape index (κ1) is 93.2. The average molecular weight is 1920 g/mol.